The van der Waals surface area contributed by atoms with Gasteiger partial charge >= 0.3 is 0 Å². The van der Waals surface area contributed by atoms with Gasteiger partial charge in [-0.1, -0.05) is 20.8 Å². The molecule has 1 saturated heterocycles. The molecule has 0 bridgehead atoms. The molecule has 1 unspecified atom stereocenters. The summed E-state index contributed by atoms with van der Waals surface area (Å²) < 4.78 is 0. The summed E-state index contributed by atoms with van der Waals surface area (Å²) in [6.07, 6.45) is 7.88. The van der Waals surface area contributed by atoms with Crippen LogP contribution in [0.15, 0.2) is 0 Å². The highest BCUT2D eigenvalue weighted by atomic mass is 15.2. The van der Waals surface area contributed by atoms with E-state index in [1.165, 1.54) is 71.2 Å². The van der Waals surface area contributed by atoms with E-state index in [0.717, 1.165) is 12.1 Å². The van der Waals surface area contributed by atoms with Gasteiger partial charge in [0, 0.05) is 12.1 Å². The third-order valence-electron chi connectivity index (χ3n) is 4.87. The maximum absolute atomic E-state index is 3.66. The lowest BCUT2D eigenvalue weighted by molar-refractivity contribution is 0.129. The molecule has 0 aromatic heterocycles. The Bertz CT molecular complexity index is 224. The third-order valence-corrected chi connectivity index (χ3v) is 4.87. The topological polar surface area (TPSA) is 18.5 Å². The van der Waals surface area contributed by atoms with Gasteiger partial charge in [-0.05, 0) is 78.3 Å². The number of rotatable bonds is 10. The number of hydrogen-bond acceptors (Lipinski definition) is 3. The van der Waals surface area contributed by atoms with E-state index in [4.69, 9.17) is 0 Å². The van der Waals surface area contributed by atoms with Crippen molar-refractivity contribution in [1.29, 1.82) is 0 Å². The van der Waals surface area contributed by atoms with Gasteiger partial charge in [-0.2, -0.15) is 0 Å². The van der Waals surface area contributed by atoms with Gasteiger partial charge in [0.2, 0.25) is 0 Å². The fraction of sp³-hybridized carbons (Fsp3) is 1.00. The fourth-order valence-corrected chi connectivity index (χ4v) is 3.24. The van der Waals surface area contributed by atoms with Crippen molar-refractivity contribution in [2.45, 2.75) is 71.4 Å². The maximum atomic E-state index is 3.66. The van der Waals surface area contributed by atoms with Crippen LogP contribution in [0, 0.1) is 0 Å². The largest absolute Gasteiger partial charge is 0.314 e. The van der Waals surface area contributed by atoms with E-state index in [1.54, 1.807) is 0 Å². The Morgan fingerprint density at radius 1 is 1.20 bits per heavy atom. The molecule has 20 heavy (non-hydrogen) atoms. The molecule has 1 aliphatic rings. The molecule has 3 nitrogen and oxygen atoms in total. The van der Waals surface area contributed by atoms with Crippen molar-refractivity contribution in [2.75, 3.05) is 39.8 Å². The number of hydrogen-bond donors (Lipinski definition) is 1. The predicted octanol–water partition coefficient (Wildman–Crippen LogP) is 2.96. The summed E-state index contributed by atoms with van der Waals surface area (Å²) in [5.74, 6) is 0. The molecule has 0 amide bonds. The smallest absolute Gasteiger partial charge is 0.0117 e. The van der Waals surface area contributed by atoms with Crippen molar-refractivity contribution >= 4 is 0 Å². The molecule has 1 N–H and O–H groups in total. The molecule has 0 aromatic rings. The molecule has 1 fully saturated rings. The first-order chi connectivity index (χ1) is 9.71. The summed E-state index contributed by atoms with van der Waals surface area (Å²) in [5, 5.41) is 3.66. The van der Waals surface area contributed by atoms with Gasteiger partial charge in [0.1, 0.15) is 0 Å². The molecule has 0 saturated carbocycles. The molecular weight excluding hydrogens is 246 g/mol. The average Bonchev–Trinajstić information content (AvgIpc) is 2.50. The van der Waals surface area contributed by atoms with Crippen molar-refractivity contribution in [2.24, 2.45) is 0 Å². The van der Waals surface area contributed by atoms with E-state index >= 15 is 0 Å². The summed E-state index contributed by atoms with van der Waals surface area (Å²) >= 11 is 0. The van der Waals surface area contributed by atoms with Crippen molar-refractivity contribution in [3.05, 3.63) is 0 Å². The molecule has 1 aliphatic heterocycles. The van der Waals surface area contributed by atoms with E-state index in [1.807, 2.05) is 0 Å². The highest BCUT2D eigenvalue weighted by Crippen LogP contribution is 2.16. The zero-order valence-corrected chi connectivity index (χ0v) is 14.3. The van der Waals surface area contributed by atoms with E-state index in [2.05, 4.69) is 42.9 Å². The molecule has 1 heterocycles. The zero-order chi connectivity index (χ0) is 14.8. The predicted molar refractivity (Wildman–Crippen MR) is 89.4 cm³/mol. The summed E-state index contributed by atoms with van der Waals surface area (Å²) in [5.41, 5.74) is 0. The van der Waals surface area contributed by atoms with Crippen molar-refractivity contribution in [3.63, 3.8) is 0 Å². The normalized spacial score (nSPS) is 19.6. The van der Waals surface area contributed by atoms with E-state index in [0.29, 0.717) is 0 Å². The summed E-state index contributed by atoms with van der Waals surface area (Å²) in [6, 6.07) is 1.55. The standard InChI is InChI=1S/C17H37N3/c1-5-12-18-16(6-2)9-8-13-19(4)17-10-14-20(7-3)15-11-17/h16-18H,5-15H2,1-4H3. The number of nitrogens with one attached hydrogen (secondary N) is 1. The first kappa shape index (κ1) is 17.9. The van der Waals surface area contributed by atoms with Crippen LogP contribution in [0.2, 0.25) is 0 Å². The van der Waals surface area contributed by atoms with Crippen LogP contribution in [0.3, 0.4) is 0 Å². The Hall–Kier alpha value is -0.120. The molecule has 1 rings (SSSR count). The van der Waals surface area contributed by atoms with Crippen LogP contribution in [0.25, 0.3) is 0 Å². The van der Waals surface area contributed by atoms with E-state index in [9.17, 15) is 0 Å². The van der Waals surface area contributed by atoms with Gasteiger partial charge in [0.15, 0.2) is 0 Å². The second-order valence-corrected chi connectivity index (χ2v) is 6.35. The Morgan fingerprint density at radius 2 is 1.90 bits per heavy atom. The lowest BCUT2D eigenvalue weighted by atomic mass is 10.0. The van der Waals surface area contributed by atoms with Crippen LogP contribution in [0.5, 0.6) is 0 Å². The summed E-state index contributed by atoms with van der Waals surface area (Å²) in [4.78, 5) is 5.19. The Kier molecular flexibility index (Phi) is 9.49. The van der Waals surface area contributed by atoms with Crippen LogP contribution in [-0.4, -0.2) is 61.7 Å². The minimum absolute atomic E-state index is 0.727. The number of likely N-dealkylation sites (tertiary alicyclic amines) is 1. The Balaban J connectivity index is 2.14. The monoisotopic (exact) mass is 283 g/mol. The molecule has 120 valence electrons. The van der Waals surface area contributed by atoms with Crippen LogP contribution in [-0.2, 0) is 0 Å². The molecule has 0 spiro atoms. The molecule has 0 aliphatic carbocycles. The molecular formula is C17H37N3. The van der Waals surface area contributed by atoms with Gasteiger partial charge in [0.25, 0.3) is 0 Å². The van der Waals surface area contributed by atoms with Gasteiger partial charge in [-0.25, -0.2) is 0 Å². The van der Waals surface area contributed by atoms with Crippen molar-refractivity contribution in [3.8, 4) is 0 Å². The van der Waals surface area contributed by atoms with Gasteiger partial charge in [-0.15, -0.1) is 0 Å². The fourth-order valence-electron chi connectivity index (χ4n) is 3.24. The van der Waals surface area contributed by atoms with Crippen LogP contribution in [0.4, 0.5) is 0 Å². The molecule has 3 heteroatoms. The first-order valence-corrected chi connectivity index (χ1v) is 8.87. The molecule has 1 atom stereocenters. The summed E-state index contributed by atoms with van der Waals surface area (Å²) in [7, 11) is 2.33. The van der Waals surface area contributed by atoms with Crippen molar-refractivity contribution < 1.29 is 0 Å². The first-order valence-electron chi connectivity index (χ1n) is 8.87. The van der Waals surface area contributed by atoms with Gasteiger partial charge in [0.05, 0.1) is 0 Å². The zero-order valence-electron chi connectivity index (χ0n) is 14.3. The quantitative estimate of drug-likeness (QED) is 0.665. The average molecular weight is 284 g/mol. The number of nitrogens with zero attached hydrogens (tertiary/aromatic N) is 2. The van der Waals surface area contributed by atoms with Crippen LogP contribution >= 0.6 is 0 Å². The number of piperidine rings is 1. The minimum atomic E-state index is 0.727. The SMILES string of the molecule is CCCNC(CC)CCCN(C)C1CCN(CC)CC1. The Morgan fingerprint density at radius 3 is 2.45 bits per heavy atom. The van der Waals surface area contributed by atoms with Crippen LogP contribution < -0.4 is 5.32 Å². The highest BCUT2D eigenvalue weighted by Gasteiger charge is 2.21. The molecule has 0 radical (unpaired) electrons. The minimum Gasteiger partial charge on any atom is -0.314 e. The lowest BCUT2D eigenvalue weighted by Gasteiger charge is -2.36. The summed E-state index contributed by atoms with van der Waals surface area (Å²) in [6.45, 7) is 13.1. The van der Waals surface area contributed by atoms with E-state index < -0.39 is 0 Å². The highest BCUT2D eigenvalue weighted by molar-refractivity contribution is 4.78. The maximum Gasteiger partial charge on any atom is 0.0117 e. The van der Waals surface area contributed by atoms with E-state index in [-0.39, 0.29) is 0 Å². The molecule has 0 aromatic carbocycles. The third kappa shape index (κ3) is 6.55. The van der Waals surface area contributed by atoms with Gasteiger partial charge in [-0.3, -0.25) is 0 Å². The Labute approximate surface area is 127 Å². The second-order valence-electron chi connectivity index (χ2n) is 6.35. The van der Waals surface area contributed by atoms with Crippen LogP contribution in [0.1, 0.15) is 59.3 Å². The lowest BCUT2D eigenvalue weighted by Crippen LogP contribution is -2.43. The van der Waals surface area contributed by atoms with Crippen molar-refractivity contribution in [1.82, 2.24) is 15.1 Å². The second kappa shape index (κ2) is 10.6. The van der Waals surface area contributed by atoms with Gasteiger partial charge < -0.3 is 15.1 Å².